The van der Waals surface area contributed by atoms with Gasteiger partial charge in [-0.25, -0.2) is 9.97 Å². The molecule has 0 aliphatic heterocycles. The molecular formula is C15H17N3OS. The first kappa shape index (κ1) is 13.4. The summed E-state index contributed by atoms with van der Waals surface area (Å²) in [6, 6.07) is 3.72. The van der Waals surface area contributed by atoms with E-state index in [1.165, 1.54) is 0 Å². The molecule has 1 N–H and O–H groups in total. The summed E-state index contributed by atoms with van der Waals surface area (Å²) in [6.07, 6.45) is 9.29. The van der Waals surface area contributed by atoms with Crippen molar-refractivity contribution < 1.29 is 0 Å². The van der Waals surface area contributed by atoms with Crippen LogP contribution in [0.5, 0.6) is 0 Å². The molecule has 5 heteroatoms. The molecule has 104 valence electrons. The topological polar surface area (TPSA) is 58.6 Å². The van der Waals surface area contributed by atoms with E-state index in [0.717, 1.165) is 36.8 Å². The van der Waals surface area contributed by atoms with Gasteiger partial charge in [0.15, 0.2) is 5.82 Å². The van der Waals surface area contributed by atoms with Gasteiger partial charge in [-0.15, -0.1) is 0 Å². The number of thiol groups is 1. The van der Waals surface area contributed by atoms with Gasteiger partial charge in [0.25, 0.3) is 5.56 Å². The number of pyridine rings is 1. The summed E-state index contributed by atoms with van der Waals surface area (Å²) in [5.41, 5.74) is 1.73. The van der Waals surface area contributed by atoms with E-state index in [1.807, 2.05) is 6.07 Å². The zero-order valence-electron chi connectivity index (χ0n) is 11.1. The highest BCUT2D eigenvalue weighted by atomic mass is 32.1. The molecule has 1 saturated carbocycles. The predicted molar refractivity (Wildman–Crippen MR) is 82.1 cm³/mol. The largest absolute Gasteiger partial charge is 0.328 e. The minimum atomic E-state index is 0.00676. The van der Waals surface area contributed by atoms with Gasteiger partial charge in [0, 0.05) is 35.0 Å². The summed E-state index contributed by atoms with van der Waals surface area (Å²) in [6.45, 7) is 0. The molecule has 1 aliphatic rings. The Morgan fingerprint density at radius 1 is 1.15 bits per heavy atom. The fraction of sp³-hybridized carbons (Fsp3) is 0.400. The standard InChI is InChI=1S/C15H17N3OS/c19-15-13(10-2-4-12(20)5-3-10)8-11(9-18-15)14-16-6-1-7-17-14/h1,6-10,12,20H,2-5H2,(H,18,19). The van der Waals surface area contributed by atoms with E-state index in [2.05, 4.69) is 27.6 Å². The van der Waals surface area contributed by atoms with E-state index in [-0.39, 0.29) is 5.56 Å². The van der Waals surface area contributed by atoms with Gasteiger partial charge in [0.2, 0.25) is 0 Å². The van der Waals surface area contributed by atoms with Gasteiger partial charge < -0.3 is 4.98 Å². The van der Waals surface area contributed by atoms with Crippen LogP contribution in [-0.4, -0.2) is 20.2 Å². The molecule has 0 unspecified atom stereocenters. The van der Waals surface area contributed by atoms with E-state index >= 15 is 0 Å². The van der Waals surface area contributed by atoms with Crippen LogP contribution in [-0.2, 0) is 0 Å². The van der Waals surface area contributed by atoms with E-state index in [1.54, 1.807) is 24.7 Å². The fourth-order valence-electron chi connectivity index (χ4n) is 2.77. The fourth-order valence-corrected chi connectivity index (χ4v) is 3.07. The Hall–Kier alpha value is -1.62. The molecule has 1 aliphatic carbocycles. The quantitative estimate of drug-likeness (QED) is 0.835. The normalized spacial score (nSPS) is 22.6. The smallest absolute Gasteiger partial charge is 0.251 e. The van der Waals surface area contributed by atoms with E-state index in [9.17, 15) is 4.79 Å². The summed E-state index contributed by atoms with van der Waals surface area (Å²) in [4.78, 5) is 23.4. The second-order valence-corrected chi connectivity index (χ2v) is 5.98. The Morgan fingerprint density at radius 3 is 2.55 bits per heavy atom. The average Bonchev–Trinajstić information content (AvgIpc) is 2.50. The first-order chi connectivity index (χ1) is 9.74. The Bertz CT molecular complexity index is 633. The van der Waals surface area contributed by atoms with E-state index < -0.39 is 0 Å². The molecule has 1 fully saturated rings. The Balaban J connectivity index is 1.93. The van der Waals surface area contributed by atoms with Crippen LogP contribution in [0.1, 0.15) is 37.2 Å². The van der Waals surface area contributed by atoms with Crippen molar-refractivity contribution in [1.82, 2.24) is 15.0 Å². The molecule has 0 bridgehead atoms. The van der Waals surface area contributed by atoms with E-state index in [0.29, 0.717) is 17.0 Å². The van der Waals surface area contributed by atoms with Crippen LogP contribution in [0, 0.1) is 0 Å². The molecule has 3 rings (SSSR count). The maximum absolute atomic E-state index is 12.1. The van der Waals surface area contributed by atoms with Gasteiger partial charge in [0.05, 0.1) is 0 Å². The Kier molecular flexibility index (Phi) is 3.87. The Morgan fingerprint density at radius 2 is 1.85 bits per heavy atom. The lowest BCUT2D eigenvalue weighted by Gasteiger charge is -2.25. The molecule has 0 aromatic carbocycles. The maximum Gasteiger partial charge on any atom is 0.251 e. The number of H-pyrrole nitrogens is 1. The zero-order valence-corrected chi connectivity index (χ0v) is 12.0. The molecule has 0 spiro atoms. The molecule has 2 heterocycles. The van der Waals surface area contributed by atoms with Crippen LogP contribution in [0.2, 0.25) is 0 Å². The molecule has 0 radical (unpaired) electrons. The third-order valence-corrected chi connectivity index (χ3v) is 4.41. The van der Waals surface area contributed by atoms with Crippen LogP contribution < -0.4 is 5.56 Å². The molecule has 2 aromatic rings. The highest BCUT2D eigenvalue weighted by Crippen LogP contribution is 2.34. The molecule has 0 saturated heterocycles. The van der Waals surface area contributed by atoms with Crippen LogP contribution in [0.25, 0.3) is 11.4 Å². The minimum absolute atomic E-state index is 0.00676. The average molecular weight is 287 g/mol. The number of aromatic nitrogens is 3. The lowest BCUT2D eigenvalue weighted by molar-refractivity contribution is 0.452. The van der Waals surface area contributed by atoms with Crippen LogP contribution in [0.15, 0.2) is 35.5 Å². The lowest BCUT2D eigenvalue weighted by Crippen LogP contribution is -2.21. The number of hydrogen-bond donors (Lipinski definition) is 2. The summed E-state index contributed by atoms with van der Waals surface area (Å²) in [7, 11) is 0. The summed E-state index contributed by atoms with van der Waals surface area (Å²) in [5.74, 6) is 0.971. The number of hydrogen-bond acceptors (Lipinski definition) is 4. The third-order valence-electron chi connectivity index (χ3n) is 3.89. The van der Waals surface area contributed by atoms with Gasteiger partial charge in [-0.3, -0.25) is 4.79 Å². The third kappa shape index (κ3) is 2.77. The maximum atomic E-state index is 12.1. The van der Waals surface area contributed by atoms with Crippen molar-refractivity contribution >= 4 is 12.6 Å². The second kappa shape index (κ2) is 5.79. The van der Waals surface area contributed by atoms with Crippen molar-refractivity contribution in [1.29, 1.82) is 0 Å². The van der Waals surface area contributed by atoms with Crippen molar-refractivity contribution in [3.05, 3.63) is 46.6 Å². The van der Waals surface area contributed by atoms with Crippen molar-refractivity contribution in [2.45, 2.75) is 36.9 Å². The van der Waals surface area contributed by atoms with Crippen LogP contribution >= 0.6 is 12.6 Å². The SMILES string of the molecule is O=c1[nH]cc(-c2ncccn2)cc1C1CCC(S)CC1. The van der Waals surface area contributed by atoms with Gasteiger partial charge in [-0.05, 0) is 43.7 Å². The number of rotatable bonds is 2. The van der Waals surface area contributed by atoms with Gasteiger partial charge in [0.1, 0.15) is 0 Å². The van der Waals surface area contributed by atoms with Crippen LogP contribution in [0.4, 0.5) is 0 Å². The van der Waals surface area contributed by atoms with Crippen LogP contribution in [0.3, 0.4) is 0 Å². The van der Waals surface area contributed by atoms with Gasteiger partial charge >= 0.3 is 0 Å². The highest BCUT2D eigenvalue weighted by molar-refractivity contribution is 7.80. The van der Waals surface area contributed by atoms with Crippen molar-refractivity contribution in [2.24, 2.45) is 0 Å². The summed E-state index contributed by atoms with van der Waals surface area (Å²) < 4.78 is 0. The predicted octanol–water partition coefficient (Wildman–Crippen LogP) is 2.79. The van der Waals surface area contributed by atoms with Crippen molar-refractivity contribution in [3.63, 3.8) is 0 Å². The first-order valence-corrected chi connectivity index (χ1v) is 7.44. The molecular weight excluding hydrogens is 270 g/mol. The van der Waals surface area contributed by atoms with Gasteiger partial charge in [-0.1, -0.05) is 0 Å². The minimum Gasteiger partial charge on any atom is -0.328 e. The monoisotopic (exact) mass is 287 g/mol. The Labute approximate surface area is 123 Å². The summed E-state index contributed by atoms with van der Waals surface area (Å²) >= 11 is 4.51. The number of aromatic amines is 1. The van der Waals surface area contributed by atoms with Gasteiger partial charge in [-0.2, -0.15) is 12.6 Å². The summed E-state index contributed by atoms with van der Waals surface area (Å²) in [5, 5.41) is 0.478. The molecule has 20 heavy (non-hydrogen) atoms. The zero-order chi connectivity index (χ0) is 13.9. The molecule has 4 nitrogen and oxygen atoms in total. The molecule has 0 atom stereocenters. The van der Waals surface area contributed by atoms with Crippen molar-refractivity contribution in [2.75, 3.05) is 0 Å². The molecule has 2 aromatic heterocycles. The molecule has 0 amide bonds. The lowest BCUT2D eigenvalue weighted by atomic mass is 9.84. The second-order valence-electron chi connectivity index (χ2n) is 5.25. The first-order valence-electron chi connectivity index (χ1n) is 6.92. The number of nitrogens with one attached hydrogen (secondary N) is 1. The highest BCUT2D eigenvalue weighted by Gasteiger charge is 2.22. The van der Waals surface area contributed by atoms with Crippen molar-refractivity contribution in [3.8, 4) is 11.4 Å². The van der Waals surface area contributed by atoms with E-state index in [4.69, 9.17) is 0 Å². The number of nitrogens with zero attached hydrogens (tertiary/aromatic N) is 2.